The van der Waals surface area contributed by atoms with Gasteiger partial charge in [-0.15, -0.1) is 11.3 Å². The number of rotatable bonds is 4. The molecule has 1 heterocycles. The van der Waals surface area contributed by atoms with Gasteiger partial charge in [0.25, 0.3) is 0 Å². The second-order valence-electron chi connectivity index (χ2n) is 5.69. The van der Waals surface area contributed by atoms with Crippen molar-refractivity contribution in [1.29, 1.82) is 0 Å². The first-order valence-corrected chi connectivity index (χ1v) is 8.25. The lowest BCUT2D eigenvalue weighted by atomic mass is 9.98. The molecule has 3 heteroatoms. The van der Waals surface area contributed by atoms with Crippen molar-refractivity contribution in [3.8, 4) is 0 Å². The van der Waals surface area contributed by atoms with E-state index in [0.29, 0.717) is 12.1 Å². The van der Waals surface area contributed by atoms with Crippen LogP contribution < -0.4 is 5.32 Å². The minimum atomic E-state index is 0.409. The second-order valence-corrected chi connectivity index (χ2v) is 6.58. The molecule has 2 rings (SSSR count). The quantitative estimate of drug-likeness (QED) is 0.814. The summed E-state index contributed by atoms with van der Waals surface area (Å²) in [6.45, 7) is 6.66. The molecule has 3 atom stereocenters. The fourth-order valence-electron chi connectivity index (χ4n) is 2.95. The summed E-state index contributed by atoms with van der Waals surface area (Å²) in [7, 11) is 0. The third kappa shape index (κ3) is 3.79. The Morgan fingerprint density at radius 1 is 1.39 bits per heavy atom. The SMILES string of the molecule is CCC1CCCC(NC(C)c2nc(C)cs2)CC1. The van der Waals surface area contributed by atoms with Gasteiger partial charge in [-0.3, -0.25) is 0 Å². The van der Waals surface area contributed by atoms with Crippen molar-refractivity contribution in [2.75, 3.05) is 0 Å². The van der Waals surface area contributed by atoms with Crippen LogP contribution in [0.2, 0.25) is 0 Å². The number of hydrogen-bond donors (Lipinski definition) is 1. The molecule has 1 aliphatic carbocycles. The summed E-state index contributed by atoms with van der Waals surface area (Å²) in [5, 5.41) is 7.17. The summed E-state index contributed by atoms with van der Waals surface area (Å²) in [5.74, 6) is 0.967. The van der Waals surface area contributed by atoms with Crippen LogP contribution in [0.25, 0.3) is 0 Å². The number of nitrogens with zero attached hydrogens (tertiary/aromatic N) is 1. The summed E-state index contributed by atoms with van der Waals surface area (Å²) in [6.07, 6.45) is 8.25. The van der Waals surface area contributed by atoms with E-state index in [2.05, 4.69) is 36.5 Å². The average molecular weight is 266 g/mol. The highest BCUT2D eigenvalue weighted by Gasteiger charge is 2.20. The molecule has 1 saturated carbocycles. The van der Waals surface area contributed by atoms with Crippen molar-refractivity contribution in [2.24, 2.45) is 5.92 Å². The molecule has 0 radical (unpaired) electrons. The van der Waals surface area contributed by atoms with Crippen LogP contribution in [0.5, 0.6) is 0 Å². The van der Waals surface area contributed by atoms with Gasteiger partial charge in [0, 0.05) is 17.1 Å². The van der Waals surface area contributed by atoms with Gasteiger partial charge in [0.15, 0.2) is 0 Å². The van der Waals surface area contributed by atoms with Crippen molar-refractivity contribution in [1.82, 2.24) is 10.3 Å². The van der Waals surface area contributed by atoms with E-state index in [1.807, 2.05) is 0 Å². The molecule has 0 bridgehead atoms. The molecule has 102 valence electrons. The maximum absolute atomic E-state index is 4.59. The van der Waals surface area contributed by atoms with Gasteiger partial charge in [-0.05, 0) is 39.0 Å². The van der Waals surface area contributed by atoms with Gasteiger partial charge in [-0.2, -0.15) is 0 Å². The molecule has 3 unspecified atom stereocenters. The van der Waals surface area contributed by atoms with Crippen LogP contribution in [-0.4, -0.2) is 11.0 Å². The van der Waals surface area contributed by atoms with Gasteiger partial charge in [0.2, 0.25) is 0 Å². The zero-order valence-corrected chi connectivity index (χ0v) is 12.7. The summed E-state index contributed by atoms with van der Waals surface area (Å²) >= 11 is 1.78. The Kier molecular flexibility index (Phi) is 5.19. The molecule has 0 saturated heterocycles. The molecule has 2 nitrogen and oxygen atoms in total. The smallest absolute Gasteiger partial charge is 0.110 e. The molecule has 1 aromatic heterocycles. The lowest BCUT2D eigenvalue weighted by Crippen LogP contribution is -2.31. The highest BCUT2D eigenvalue weighted by Crippen LogP contribution is 2.27. The Balaban J connectivity index is 1.85. The minimum Gasteiger partial charge on any atom is -0.305 e. The van der Waals surface area contributed by atoms with E-state index >= 15 is 0 Å². The Morgan fingerprint density at radius 3 is 2.89 bits per heavy atom. The van der Waals surface area contributed by atoms with E-state index in [9.17, 15) is 0 Å². The molecule has 0 aliphatic heterocycles. The van der Waals surface area contributed by atoms with Crippen LogP contribution in [-0.2, 0) is 0 Å². The Labute approximate surface area is 115 Å². The first-order chi connectivity index (χ1) is 8.69. The predicted molar refractivity (Wildman–Crippen MR) is 79.1 cm³/mol. The van der Waals surface area contributed by atoms with Gasteiger partial charge in [-0.25, -0.2) is 4.98 Å². The Morgan fingerprint density at radius 2 is 2.22 bits per heavy atom. The molecule has 1 aromatic rings. The van der Waals surface area contributed by atoms with Gasteiger partial charge in [0.05, 0.1) is 6.04 Å². The fraction of sp³-hybridized carbons (Fsp3) is 0.800. The van der Waals surface area contributed by atoms with Crippen LogP contribution >= 0.6 is 11.3 Å². The topological polar surface area (TPSA) is 24.9 Å². The third-order valence-electron chi connectivity index (χ3n) is 4.16. The number of hydrogen-bond acceptors (Lipinski definition) is 3. The van der Waals surface area contributed by atoms with Crippen molar-refractivity contribution in [3.63, 3.8) is 0 Å². The maximum Gasteiger partial charge on any atom is 0.110 e. The van der Waals surface area contributed by atoms with Gasteiger partial charge in [-0.1, -0.05) is 26.2 Å². The molecule has 18 heavy (non-hydrogen) atoms. The molecular formula is C15H26N2S. The number of aryl methyl sites for hydroxylation is 1. The fourth-order valence-corrected chi connectivity index (χ4v) is 3.76. The maximum atomic E-state index is 4.59. The lowest BCUT2D eigenvalue weighted by Gasteiger charge is -2.20. The van der Waals surface area contributed by atoms with Crippen molar-refractivity contribution in [3.05, 3.63) is 16.1 Å². The normalized spacial score (nSPS) is 26.8. The monoisotopic (exact) mass is 266 g/mol. The summed E-state index contributed by atoms with van der Waals surface area (Å²) in [4.78, 5) is 4.59. The molecule has 0 aromatic carbocycles. The number of thiazole rings is 1. The summed E-state index contributed by atoms with van der Waals surface area (Å²) in [6, 6.07) is 1.10. The summed E-state index contributed by atoms with van der Waals surface area (Å²) in [5.41, 5.74) is 1.15. The first-order valence-electron chi connectivity index (χ1n) is 7.37. The minimum absolute atomic E-state index is 0.409. The van der Waals surface area contributed by atoms with E-state index in [0.717, 1.165) is 11.6 Å². The van der Waals surface area contributed by atoms with Gasteiger partial charge in [0.1, 0.15) is 5.01 Å². The molecule has 1 aliphatic rings. The second kappa shape index (κ2) is 6.67. The third-order valence-corrected chi connectivity index (χ3v) is 5.30. The standard InChI is InChI=1S/C15H26N2S/c1-4-13-6-5-7-14(9-8-13)17-12(3)15-16-11(2)10-18-15/h10,12-14,17H,4-9H2,1-3H3. The zero-order valence-electron chi connectivity index (χ0n) is 11.9. The molecule has 1 fully saturated rings. The highest BCUT2D eigenvalue weighted by molar-refractivity contribution is 7.09. The Bertz CT molecular complexity index is 361. The van der Waals surface area contributed by atoms with E-state index in [-0.39, 0.29) is 0 Å². The Hall–Kier alpha value is -0.410. The van der Waals surface area contributed by atoms with Crippen molar-refractivity contribution < 1.29 is 0 Å². The van der Waals surface area contributed by atoms with Crippen molar-refractivity contribution in [2.45, 2.75) is 71.4 Å². The summed E-state index contributed by atoms with van der Waals surface area (Å²) < 4.78 is 0. The average Bonchev–Trinajstić information content (AvgIpc) is 2.67. The highest BCUT2D eigenvalue weighted by atomic mass is 32.1. The van der Waals surface area contributed by atoms with E-state index in [1.165, 1.54) is 43.5 Å². The van der Waals surface area contributed by atoms with E-state index in [1.54, 1.807) is 11.3 Å². The predicted octanol–water partition coefficient (Wildman–Crippen LogP) is 4.46. The molecule has 0 amide bonds. The van der Waals surface area contributed by atoms with E-state index < -0.39 is 0 Å². The molecular weight excluding hydrogens is 240 g/mol. The van der Waals surface area contributed by atoms with Crippen LogP contribution in [0.1, 0.15) is 69.1 Å². The zero-order chi connectivity index (χ0) is 13.0. The first kappa shape index (κ1) is 14.0. The lowest BCUT2D eigenvalue weighted by molar-refractivity contribution is 0.399. The van der Waals surface area contributed by atoms with Crippen molar-refractivity contribution >= 4 is 11.3 Å². The van der Waals surface area contributed by atoms with Crippen LogP contribution in [0.3, 0.4) is 0 Å². The number of nitrogens with one attached hydrogen (secondary N) is 1. The number of aromatic nitrogens is 1. The van der Waals surface area contributed by atoms with Crippen LogP contribution in [0, 0.1) is 12.8 Å². The van der Waals surface area contributed by atoms with Crippen LogP contribution in [0.15, 0.2) is 5.38 Å². The van der Waals surface area contributed by atoms with Gasteiger partial charge >= 0.3 is 0 Å². The molecule has 1 N–H and O–H groups in total. The molecule has 0 spiro atoms. The van der Waals surface area contributed by atoms with Crippen LogP contribution in [0.4, 0.5) is 0 Å². The largest absolute Gasteiger partial charge is 0.305 e. The van der Waals surface area contributed by atoms with E-state index in [4.69, 9.17) is 0 Å². The van der Waals surface area contributed by atoms with Gasteiger partial charge < -0.3 is 5.32 Å².